The second-order valence-corrected chi connectivity index (χ2v) is 3.57. The van der Waals surface area contributed by atoms with Gasteiger partial charge in [-0.25, -0.2) is 0 Å². The highest BCUT2D eigenvalue weighted by Crippen LogP contribution is 1.99. The number of ether oxygens (including phenoxy) is 1. The molecular formula is C12H23NO2. The summed E-state index contributed by atoms with van der Waals surface area (Å²) >= 11 is 0. The third-order valence-electron chi connectivity index (χ3n) is 2.18. The van der Waals surface area contributed by atoms with Crippen LogP contribution < -0.4 is 5.32 Å². The predicted octanol–water partition coefficient (Wildman–Crippen LogP) is 2.27. The molecule has 3 nitrogen and oxygen atoms in total. The number of hydrogen-bond acceptors (Lipinski definition) is 3. The molecule has 0 bridgehead atoms. The molecule has 0 fully saturated rings. The highest BCUT2D eigenvalue weighted by Gasteiger charge is 2.11. The molecule has 0 aromatic rings. The maximum Gasteiger partial charge on any atom is 0.322 e. The number of carbonyl (C=O) groups is 1. The fourth-order valence-corrected chi connectivity index (χ4v) is 1.26. The van der Waals surface area contributed by atoms with Crippen LogP contribution in [0.2, 0.25) is 0 Å². The van der Waals surface area contributed by atoms with Crippen molar-refractivity contribution in [3.8, 4) is 0 Å². The Morgan fingerprint density at radius 1 is 1.47 bits per heavy atom. The minimum Gasteiger partial charge on any atom is -0.465 e. The molecule has 0 aromatic heterocycles. The van der Waals surface area contributed by atoms with Gasteiger partial charge in [0.25, 0.3) is 0 Å². The van der Waals surface area contributed by atoms with Crippen LogP contribution in [-0.4, -0.2) is 25.2 Å². The van der Waals surface area contributed by atoms with Gasteiger partial charge in [-0.3, -0.25) is 4.79 Å². The molecule has 0 amide bonds. The van der Waals surface area contributed by atoms with E-state index in [0.717, 1.165) is 19.4 Å². The third kappa shape index (κ3) is 8.18. The van der Waals surface area contributed by atoms with E-state index in [2.05, 4.69) is 11.9 Å². The van der Waals surface area contributed by atoms with Gasteiger partial charge in [-0.05, 0) is 39.7 Å². The fourth-order valence-electron chi connectivity index (χ4n) is 1.26. The summed E-state index contributed by atoms with van der Waals surface area (Å²) in [6.45, 7) is 8.65. The van der Waals surface area contributed by atoms with Gasteiger partial charge in [0.2, 0.25) is 0 Å². The van der Waals surface area contributed by atoms with E-state index < -0.39 is 0 Å². The van der Waals surface area contributed by atoms with Crippen LogP contribution in [0.4, 0.5) is 0 Å². The molecule has 0 aliphatic carbocycles. The van der Waals surface area contributed by atoms with Crippen LogP contribution in [0.1, 0.15) is 39.5 Å². The summed E-state index contributed by atoms with van der Waals surface area (Å²) in [5.41, 5.74) is 0. The molecule has 3 heteroatoms. The molecule has 0 aliphatic heterocycles. The van der Waals surface area contributed by atoms with E-state index in [1.54, 1.807) is 0 Å². The molecule has 1 unspecified atom stereocenters. The number of rotatable bonds is 9. The first-order valence-electron chi connectivity index (χ1n) is 5.73. The van der Waals surface area contributed by atoms with Gasteiger partial charge in [-0.1, -0.05) is 12.5 Å². The zero-order chi connectivity index (χ0) is 11.5. The minimum atomic E-state index is -0.190. The van der Waals surface area contributed by atoms with Crippen molar-refractivity contribution in [2.75, 3.05) is 13.2 Å². The number of nitrogens with one attached hydrogen (secondary N) is 1. The van der Waals surface area contributed by atoms with Crippen LogP contribution in [0.5, 0.6) is 0 Å². The largest absolute Gasteiger partial charge is 0.465 e. The summed E-state index contributed by atoms with van der Waals surface area (Å²) < 4.78 is 4.88. The van der Waals surface area contributed by atoms with Crippen LogP contribution in [0.15, 0.2) is 12.7 Å². The van der Waals surface area contributed by atoms with Gasteiger partial charge in [0.15, 0.2) is 0 Å². The van der Waals surface area contributed by atoms with E-state index >= 15 is 0 Å². The topological polar surface area (TPSA) is 38.3 Å². The van der Waals surface area contributed by atoms with E-state index in [0.29, 0.717) is 6.61 Å². The van der Waals surface area contributed by atoms with E-state index in [-0.39, 0.29) is 12.0 Å². The lowest BCUT2D eigenvalue weighted by Crippen LogP contribution is -2.35. The summed E-state index contributed by atoms with van der Waals surface area (Å²) in [4.78, 5) is 11.2. The van der Waals surface area contributed by atoms with Crippen LogP contribution in [-0.2, 0) is 9.53 Å². The predicted molar refractivity (Wildman–Crippen MR) is 62.8 cm³/mol. The lowest BCUT2D eigenvalue weighted by atomic mass is 10.2. The molecule has 0 saturated heterocycles. The van der Waals surface area contributed by atoms with Crippen molar-refractivity contribution < 1.29 is 9.53 Å². The number of unbranched alkanes of at least 4 members (excludes halogenated alkanes) is 3. The molecule has 0 saturated carbocycles. The monoisotopic (exact) mass is 213 g/mol. The zero-order valence-corrected chi connectivity index (χ0v) is 9.92. The summed E-state index contributed by atoms with van der Waals surface area (Å²) in [5.74, 6) is -0.163. The van der Waals surface area contributed by atoms with Crippen LogP contribution in [0.3, 0.4) is 0 Å². The van der Waals surface area contributed by atoms with Crippen molar-refractivity contribution >= 4 is 5.97 Å². The Kier molecular flexibility index (Phi) is 9.18. The molecule has 1 N–H and O–H groups in total. The Labute approximate surface area is 92.9 Å². The average molecular weight is 213 g/mol. The SMILES string of the molecule is C=CCCCCCNC(C)C(=O)OCC. The first-order valence-corrected chi connectivity index (χ1v) is 5.73. The lowest BCUT2D eigenvalue weighted by Gasteiger charge is -2.11. The van der Waals surface area contributed by atoms with E-state index in [1.807, 2.05) is 19.9 Å². The molecule has 1 atom stereocenters. The second-order valence-electron chi connectivity index (χ2n) is 3.57. The highest BCUT2D eigenvalue weighted by atomic mass is 16.5. The lowest BCUT2D eigenvalue weighted by molar-refractivity contribution is -0.145. The fraction of sp³-hybridized carbons (Fsp3) is 0.750. The molecule has 0 radical (unpaired) electrons. The molecule has 0 spiro atoms. The van der Waals surface area contributed by atoms with E-state index in [4.69, 9.17) is 4.74 Å². The van der Waals surface area contributed by atoms with Crippen molar-refractivity contribution in [1.82, 2.24) is 5.32 Å². The Morgan fingerprint density at radius 3 is 2.80 bits per heavy atom. The van der Waals surface area contributed by atoms with Gasteiger partial charge in [0.05, 0.1) is 6.61 Å². The van der Waals surface area contributed by atoms with Gasteiger partial charge in [-0.15, -0.1) is 6.58 Å². The smallest absolute Gasteiger partial charge is 0.322 e. The van der Waals surface area contributed by atoms with Gasteiger partial charge in [0, 0.05) is 0 Å². The maximum atomic E-state index is 11.2. The Bertz CT molecular complexity index is 180. The molecule has 88 valence electrons. The van der Waals surface area contributed by atoms with Crippen molar-refractivity contribution in [1.29, 1.82) is 0 Å². The van der Waals surface area contributed by atoms with Crippen molar-refractivity contribution in [2.45, 2.75) is 45.6 Å². The molecule has 0 aromatic carbocycles. The summed E-state index contributed by atoms with van der Waals surface area (Å²) in [7, 11) is 0. The van der Waals surface area contributed by atoms with Crippen molar-refractivity contribution in [2.24, 2.45) is 0 Å². The molecule has 15 heavy (non-hydrogen) atoms. The number of carbonyl (C=O) groups excluding carboxylic acids is 1. The van der Waals surface area contributed by atoms with Crippen LogP contribution in [0.25, 0.3) is 0 Å². The van der Waals surface area contributed by atoms with Crippen molar-refractivity contribution in [3.63, 3.8) is 0 Å². The Balaban J connectivity index is 3.34. The molecular weight excluding hydrogens is 190 g/mol. The third-order valence-corrected chi connectivity index (χ3v) is 2.18. The summed E-state index contributed by atoms with van der Waals surface area (Å²) in [6, 6.07) is -0.190. The van der Waals surface area contributed by atoms with E-state index in [1.165, 1.54) is 12.8 Å². The maximum absolute atomic E-state index is 11.2. The Hall–Kier alpha value is -0.830. The number of esters is 1. The standard InChI is InChI=1S/C12H23NO2/c1-4-6-7-8-9-10-13-11(3)12(14)15-5-2/h4,11,13H,1,5-10H2,2-3H3. The number of allylic oxidation sites excluding steroid dienone is 1. The van der Waals surface area contributed by atoms with Gasteiger partial charge >= 0.3 is 5.97 Å². The zero-order valence-electron chi connectivity index (χ0n) is 9.92. The van der Waals surface area contributed by atoms with Crippen LogP contribution in [0, 0.1) is 0 Å². The molecule has 0 heterocycles. The first-order chi connectivity index (χ1) is 7.22. The second kappa shape index (κ2) is 9.71. The van der Waals surface area contributed by atoms with Gasteiger partial charge in [0.1, 0.15) is 6.04 Å². The van der Waals surface area contributed by atoms with E-state index in [9.17, 15) is 4.79 Å². The van der Waals surface area contributed by atoms with Crippen molar-refractivity contribution in [3.05, 3.63) is 12.7 Å². The summed E-state index contributed by atoms with van der Waals surface area (Å²) in [5, 5.41) is 3.14. The van der Waals surface area contributed by atoms with Gasteiger partial charge in [-0.2, -0.15) is 0 Å². The molecule has 0 aliphatic rings. The average Bonchev–Trinajstić information content (AvgIpc) is 2.23. The minimum absolute atomic E-state index is 0.163. The molecule has 0 rings (SSSR count). The quantitative estimate of drug-likeness (QED) is 0.363. The van der Waals surface area contributed by atoms with Gasteiger partial charge < -0.3 is 10.1 Å². The summed E-state index contributed by atoms with van der Waals surface area (Å²) in [6.07, 6.45) is 6.47. The first kappa shape index (κ1) is 14.2. The van der Waals surface area contributed by atoms with Crippen LogP contribution >= 0.6 is 0 Å². The highest BCUT2D eigenvalue weighted by molar-refractivity contribution is 5.75. The Morgan fingerprint density at radius 2 is 2.20 bits per heavy atom. The normalized spacial score (nSPS) is 12.1. The number of hydrogen-bond donors (Lipinski definition) is 1.